The Kier molecular flexibility index (Phi) is 10.9. The van der Waals surface area contributed by atoms with Crippen LogP contribution in [-0.4, -0.2) is 6.36 Å². The van der Waals surface area contributed by atoms with Gasteiger partial charge in [0, 0.05) is 37.8 Å². The lowest BCUT2D eigenvalue weighted by atomic mass is 9.67. The van der Waals surface area contributed by atoms with Crippen LogP contribution in [0.1, 0.15) is 99.9 Å². The Morgan fingerprint density at radius 3 is 1.44 bits per heavy atom. The first-order valence-corrected chi connectivity index (χ1v) is 27.4. The van der Waals surface area contributed by atoms with Crippen LogP contribution in [0.2, 0.25) is 0 Å². The average molecular weight is 1030 g/mol. The molecule has 6 heteroatoms. The van der Waals surface area contributed by atoms with E-state index in [1.54, 1.807) is 12.1 Å². The summed E-state index contributed by atoms with van der Waals surface area (Å²) < 4.78 is 43.4. The molecule has 1 aromatic heterocycles. The molecule has 0 radical (unpaired) electrons. The maximum Gasteiger partial charge on any atom is 0.573 e. The van der Waals surface area contributed by atoms with E-state index < -0.39 is 11.8 Å². The number of ether oxygens (including phenoxy) is 1. The molecule has 3 aliphatic rings. The van der Waals surface area contributed by atoms with Crippen LogP contribution in [0.5, 0.6) is 5.75 Å². The SMILES string of the molecule is CC(C)(C)c1ccc2c(c1)C1(c3cc(C(C)(C)C)ccc3-2)c2ccccc2-c2sc(-c3ccccc3)c(-c3ccc(N(c4ccc(-c5ccc(OC(F)(F)F)cc5)cc4)c4ccc5c(c4)C(C)(C)c4ccccc4-5)cc3)c21. The number of benzene rings is 9. The number of thiophene rings is 1. The second-order valence-electron chi connectivity index (χ2n) is 23.6. The molecule has 1 spiro atoms. The van der Waals surface area contributed by atoms with Crippen LogP contribution in [0, 0.1) is 0 Å². The van der Waals surface area contributed by atoms with E-state index in [2.05, 4.69) is 235 Å². The van der Waals surface area contributed by atoms with Crippen molar-refractivity contribution in [3.05, 3.63) is 251 Å². The average Bonchev–Trinajstić information content (AvgIpc) is 3.28. The Morgan fingerprint density at radius 2 is 0.870 bits per heavy atom. The van der Waals surface area contributed by atoms with Crippen molar-refractivity contribution in [1.29, 1.82) is 0 Å². The van der Waals surface area contributed by atoms with Crippen molar-refractivity contribution < 1.29 is 17.9 Å². The highest BCUT2D eigenvalue weighted by molar-refractivity contribution is 7.20. The fourth-order valence-corrected chi connectivity index (χ4v) is 14.1. The number of anilines is 3. The van der Waals surface area contributed by atoms with Gasteiger partial charge in [-0.3, -0.25) is 0 Å². The van der Waals surface area contributed by atoms with Gasteiger partial charge in [-0.15, -0.1) is 24.5 Å². The van der Waals surface area contributed by atoms with E-state index in [0.29, 0.717) is 0 Å². The Balaban J connectivity index is 1.01. The zero-order valence-corrected chi connectivity index (χ0v) is 45.3. The number of fused-ring (bicyclic) bond motifs is 13. The van der Waals surface area contributed by atoms with Gasteiger partial charge in [0.1, 0.15) is 5.75 Å². The molecule has 0 aliphatic heterocycles. The number of hydrogen-bond donors (Lipinski definition) is 0. The molecule has 1 heterocycles. The van der Waals surface area contributed by atoms with Crippen molar-refractivity contribution in [3.8, 4) is 71.1 Å². The summed E-state index contributed by atoms with van der Waals surface area (Å²) >= 11 is 1.91. The lowest BCUT2D eigenvalue weighted by Crippen LogP contribution is -2.27. The maximum absolute atomic E-state index is 13.1. The third-order valence-electron chi connectivity index (χ3n) is 16.6. The Bertz CT molecular complexity index is 3900. The minimum absolute atomic E-state index is 0.0730. The van der Waals surface area contributed by atoms with E-state index in [0.717, 1.165) is 33.8 Å². The second kappa shape index (κ2) is 17.3. The molecule has 77 heavy (non-hydrogen) atoms. The van der Waals surface area contributed by atoms with Crippen LogP contribution in [0.25, 0.3) is 65.4 Å². The highest BCUT2D eigenvalue weighted by atomic mass is 32.1. The van der Waals surface area contributed by atoms with Crippen LogP contribution >= 0.6 is 11.3 Å². The maximum atomic E-state index is 13.1. The molecule has 2 nitrogen and oxygen atoms in total. The first-order valence-electron chi connectivity index (χ1n) is 26.5. The van der Waals surface area contributed by atoms with Gasteiger partial charge >= 0.3 is 6.36 Å². The normalized spacial score (nSPS) is 14.4. The molecule has 13 rings (SSSR count). The summed E-state index contributed by atoms with van der Waals surface area (Å²) in [5, 5.41) is 0. The van der Waals surface area contributed by atoms with Gasteiger partial charge in [-0.25, -0.2) is 0 Å². The first kappa shape index (κ1) is 48.7. The van der Waals surface area contributed by atoms with Gasteiger partial charge in [-0.1, -0.05) is 213 Å². The molecule has 0 unspecified atom stereocenters. The third kappa shape index (κ3) is 7.73. The number of rotatable bonds is 7. The largest absolute Gasteiger partial charge is 0.573 e. The Hall–Kier alpha value is -7.93. The summed E-state index contributed by atoms with van der Waals surface area (Å²) in [6.07, 6.45) is -4.76. The summed E-state index contributed by atoms with van der Waals surface area (Å²) in [5.41, 5.74) is 24.2. The smallest absolute Gasteiger partial charge is 0.406 e. The van der Waals surface area contributed by atoms with Gasteiger partial charge < -0.3 is 9.64 Å². The standard InChI is InChI=1S/C71H58F3NOS/c1-67(2,3)47-28-37-55-56-38-29-48(68(4,5)6)41-62(56)70(61(55)40-47)59-21-15-13-19-57(59)66-64(70)63(65(77-66)46-16-10-9-11-17-46)45-24-32-50(33-25-45)75(51-34-39-54-53-18-12-14-20-58(53)69(7,8)60(54)42-51)49-30-22-43(23-31-49)44-26-35-52(36-27-44)76-71(72,73)74/h9-42H,1-8H3. The monoisotopic (exact) mass is 1030 g/mol. The highest BCUT2D eigenvalue weighted by Gasteiger charge is 2.55. The summed E-state index contributed by atoms with van der Waals surface area (Å²) in [4.78, 5) is 4.88. The minimum Gasteiger partial charge on any atom is -0.406 e. The van der Waals surface area contributed by atoms with Crippen LogP contribution in [0.3, 0.4) is 0 Å². The van der Waals surface area contributed by atoms with E-state index in [1.807, 2.05) is 23.5 Å². The second-order valence-corrected chi connectivity index (χ2v) is 24.6. The summed E-state index contributed by atoms with van der Waals surface area (Å²) in [6, 6.07) is 73.7. The Morgan fingerprint density at radius 1 is 0.403 bits per heavy atom. The molecule has 0 saturated heterocycles. The number of nitrogens with zero attached hydrogens (tertiary/aromatic N) is 1. The van der Waals surface area contributed by atoms with Crippen LogP contribution < -0.4 is 9.64 Å². The zero-order valence-electron chi connectivity index (χ0n) is 44.5. The molecular weight excluding hydrogens is 972 g/mol. The molecule has 0 saturated carbocycles. The van der Waals surface area contributed by atoms with Crippen molar-refractivity contribution in [2.75, 3.05) is 4.90 Å². The predicted octanol–water partition coefficient (Wildman–Crippen LogP) is 20.4. The fraction of sp³-hybridized carbons (Fsp3) is 0.183. The van der Waals surface area contributed by atoms with Crippen molar-refractivity contribution in [1.82, 2.24) is 0 Å². The number of hydrogen-bond acceptors (Lipinski definition) is 3. The van der Waals surface area contributed by atoms with Gasteiger partial charge in [-0.05, 0) is 154 Å². The molecule has 0 bridgehead atoms. The van der Waals surface area contributed by atoms with Gasteiger partial charge in [-0.2, -0.15) is 0 Å². The molecule has 0 atom stereocenters. The summed E-state index contributed by atoms with van der Waals surface area (Å²) in [7, 11) is 0. The molecular formula is C71H58F3NOS. The number of alkyl halides is 3. The van der Waals surface area contributed by atoms with Crippen LogP contribution in [-0.2, 0) is 21.7 Å². The quantitative estimate of drug-likeness (QED) is 0.158. The number of halogens is 3. The van der Waals surface area contributed by atoms with Crippen molar-refractivity contribution >= 4 is 28.4 Å². The van der Waals surface area contributed by atoms with Gasteiger partial charge in [0.05, 0.1) is 5.41 Å². The van der Waals surface area contributed by atoms with E-state index in [4.69, 9.17) is 0 Å². The molecule has 380 valence electrons. The van der Waals surface area contributed by atoms with Crippen LogP contribution in [0.15, 0.2) is 206 Å². The van der Waals surface area contributed by atoms with Gasteiger partial charge in [0.25, 0.3) is 0 Å². The lowest BCUT2D eigenvalue weighted by molar-refractivity contribution is -0.274. The summed E-state index contributed by atoms with van der Waals surface area (Å²) in [6.45, 7) is 18.5. The fourth-order valence-electron chi connectivity index (χ4n) is 12.7. The zero-order chi connectivity index (χ0) is 53.4. The van der Waals surface area contributed by atoms with Crippen LogP contribution in [0.4, 0.5) is 30.2 Å². The minimum atomic E-state index is -4.76. The molecule has 0 fully saturated rings. The van der Waals surface area contributed by atoms with Crippen molar-refractivity contribution in [2.24, 2.45) is 0 Å². The van der Waals surface area contributed by atoms with E-state index in [9.17, 15) is 13.2 Å². The predicted molar refractivity (Wildman–Crippen MR) is 313 cm³/mol. The molecule has 10 aromatic rings. The third-order valence-corrected chi connectivity index (χ3v) is 17.8. The van der Waals surface area contributed by atoms with Crippen molar-refractivity contribution in [3.63, 3.8) is 0 Å². The first-order chi connectivity index (χ1) is 36.8. The topological polar surface area (TPSA) is 12.5 Å². The summed E-state index contributed by atoms with van der Waals surface area (Å²) in [5.74, 6) is -0.251. The van der Waals surface area contributed by atoms with E-state index in [1.165, 1.54) is 105 Å². The lowest BCUT2D eigenvalue weighted by Gasteiger charge is -2.33. The van der Waals surface area contributed by atoms with E-state index >= 15 is 0 Å². The molecule has 0 amide bonds. The molecule has 0 N–H and O–H groups in total. The van der Waals surface area contributed by atoms with Gasteiger partial charge in [0.2, 0.25) is 0 Å². The van der Waals surface area contributed by atoms with Crippen molar-refractivity contribution in [2.45, 2.75) is 83.4 Å². The Labute approximate surface area is 454 Å². The highest BCUT2D eigenvalue weighted by Crippen LogP contribution is 2.68. The van der Waals surface area contributed by atoms with Gasteiger partial charge in [0.15, 0.2) is 0 Å². The molecule has 9 aromatic carbocycles. The van der Waals surface area contributed by atoms with E-state index in [-0.39, 0.29) is 22.0 Å². The molecule has 3 aliphatic carbocycles.